The summed E-state index contributed by atoms with van der Waals surface area (Å²) < 4.78 is 6.25. The number of azo groups is 1. The first-order chi connectivity index (χ1) is 11.7. The van der Waals surface area contributed by atoms with Gasteiger partial charge in [0, 0.05) is 18.7 Å². The first-order valence-corrected chi connectivity index (χ1v) is 8.68. The van der Waals surface area contributed by atoms with Gasteiger partial charge in [0.25, 0.3) is 5.91 Å². The zero-order valence-electron chi connectivity index (χ0n) is 13.2. The predicted octanol–water partition coefficient (Wildman–Crippen LogP) is 2.57. The lowest BCUT2D eigenvalue weighted by Gasteiger charge is -2.26. The van der Waals surface area contributed by atoms with Gasteiger partial charge in [-0.25, -0.2) is 0 Å². The highest BCUT2D eigenvalue weighted by Crippen LogP contribution is 2.36. The Kier molecular flexibility index (Phi) is 4.24. The molecule has 1 N–H and O–H groups in total. The molecule has 1 fully saturated rings. The molecule has 1 saturated heterocycles. The lowest BCUT2D eigenvalue weighted by Crippen LogP contribution is -2.34. The number of nitrogens with zero attached hydrogens (tertiary/aromatic N) is 3. The molecule has 126 valence electrons. The lowest BCUT2D eigenvalue weighted by molar-refractivity contribution is -0.117. The maximum Gasteiger partial charge on any atom is 0.288 e. The van der Waals surface area contributed by atoms with Crippen molar-refractivity contribution in [2.24, 2.45) is 10.2 Å². The number of hydrogen-bond donors (Lipinski definition) is 1. The van der Waals surface area contributed by atoms with E-state index < -0.39 is 11.3 Å². The highest BCUT2D eigenvalue weighted by molar-refractivity contribution is 6.33. The first-order valence-electron chi connectivity index (χ1n) is 8.24. The van der Waals surface area contributed by atoms with Crippen LogP contribution in [0.3, 0.4) is 0 Å². The molecular weight excluding hydrogens is 328 g/mol. The maximum absolute atomic E-state index is 11.7. The fraction of sp³-hybridized carbons (Fsp3) is 0.471. The molecule has 0 radical (unpaired) electrons. The minimum absolute atomic E-state index is 0.261. The molecule has 0 bridgehead atoms. The average Bonchev–Trinajstić information content (AvgIpc) is 3.03. The molecular formula is C17H19ClN4O2. The van der Waals surface area contributed by atoms with Gasteiger partial charge in [0.15, 0.2) is 5.38 Å². The van der Waals surface area contributed by atoms with Crippen LogP contribution in [0.5, 0.6) is 5.75 Å². The van der Waals surface area contributed by atoms with Crippen LogP contribution in [-0.4, -0.2) is 35.4 Å². The number of ether oxygens (including phenoxy) is 1. The first kappa shape index (κ1) is 15.6. The van der Waals surface area contributed by atoms with Gasteiger partial charge in [0.1, 0.15) is 11.9 Å². The van der Waals surface area contributed by atoms with Crippen molar-refractivity contribution in [3.63, 3.8) is 0 Å². The standard InChI is InChI=1S/C17H19ClN4O2/c18-16-14(8-20-21-17(16)23)22-9-11-2-1-3-15(13(11)10-22)24-12-4-6-19-7-5-12/h1-3,8,12,16,19H,4-7,9-10H2. The van der Waals surface area contributed by atoms with Crippen LogP contribution >= 0.6 is 11.6 Å². The number of halogens is 1. The molecule has 1 aromatic carbocycles. The summed E-state index contributed by atoms with van der Waals surface area (Å²) in [5.74, 6) is 0.536. The maximum atomic E-state index is 11.7. The Balaban J connectivity index is 1.54. The quantitative estimate of drug-likeness (QED) is 0.854. The molecule has 6 nitrogen and oxygen atoms in total. The van der Waals surface area contributed by atoms with Crippen molar-refractivity contribution in [2.45, 2.75) is 37.4 Å². The minimum Gasteiger partial charge on any atom is -0.490 e. The van der Waals surface area contributed by atoms with Gasteiger partial charge in [0.2, 0.25) is 0 Å². The van der Waals surface area contributed by atoms with Gasteiger partial charge < -0.3 is 15.0 Å². The lowest BCUT2D eigenvalue weighted by atomic mass is 10.1. The van der Waals surface area contributed by atoms with Crippen molar-refractivity contribution >= 4 is 17.5 Å². The van der Waals surface area contributed by atoms with Crippen LogP contribution in [0.25, 0.3) is 0 Å². The predicted molar refractivity (Wildman–Crippen MR) is 89.8 cm³/mol. The summed E-state index contributed by atoms with van der Waals surface area (Å²) >= 11 is 6.20. The topological polar surface area (TPSA) is 66.3 Å². The van der Waals surface area contributed by atoms with E-state index in [0.29, 0.717) is 18.8 Å². The van der Waals surface area contributed by atoms with Gasteiger partial charge in [0.05, 0.1) is 11.9 Å². The third kappa shape index (κ3) is 2.91. The Morgan fingerprint density at radius 2 is 2.08 bits per heavy atom. The minimum atomic E-state index is -0.759. The summed E-state index contributed by atoms with van der Waals surface area (Å²) in [5.41, 5.74) is 3.10. The van der Waals surface area contributed by atoms with Gasteiger partial charge in [-0.05, 0) is 37.6 Å². The van der Waals surface area contributed by atoms with E-state index in [1.165, 1.54) is 11.1 Å². The van der Waals surface area contributed by atoms with Crippen LogP contribution < -0.4 is 10.1 Å². The van der Waals surface area contributed by atoms with Crippen molar-refractivity contribution < 1.29 is 9.53 Å². The Bertz CT molecular complexity index is 713. The molecule has 1 aromatic rings. The zero-order valence-corrected chi connectivity index (χ0v) is 14.0. The van der Waals surface area contributed by atoms with Crippen molar-refractivity contribution in [1.29, 1.82) is 0 Å². The third-order valence-corrected chi connectivity index (χ3v) is 5.12. The molecule has 24 heavy (non-hydrogen) atoms. The van der Waals surface area contributed by atoms with Crippen molar-refractivity contribution in [2.75, 3.05) is 13.1 Å². The van der Waals surface area contributed by atoms with Crippen LogP contribution in [0.4, 0.5) is 0 Å². The largest absolute Gasteiger partial charge is 0.490 e. The van der Waals surface area contributed by atoms with Gasteiger partial charge in [-0.2, -0.15) is 5.11 Å². The summed E-state index contributed by atoms with van der Waals surface area (Å²) in [6, 6.07) is 6.15. The molecule has 0 aliphatic carbocycles. The number of amides is 1. The Labute approximate surface area is 145 Å². The van der Waals surface area contributed by atoms with Crippen LogP contribution in [0, 0.1) is 0 Å². The average molecular weight is 347 g/mol. The summed E-state index contributed by atoms with van der Waals surface area (Å²) in [4.78, 5) is 13.8. The monoisotopic (exact) mass is 346 g/mol. The highest BCUT2D eigenvalue weighted by Gasteiger charge is 2.32. The van der Waals surface area contributed by atoms with E-state index in [2.05, 4.69) is 26.5 Å². The Morgan fingerprint density at radius 1 is 1.25 bits per heavy atom. The summed E-state index contributed by atoms with van der Waals surface area (Å²) in [7, 11) is 0. The van der Waals surface area contributed by atoms with Crippen LogP contribution in [-0.2, 0) is 17.9 Å². The molecule has 3 heterocycles. The van der Waals surface area contributed by atoms with Crippen molar-refractivity contribution in [3.8, 4) is 5.75 Å². The number of carbonyl (C=O) groups is 1. The molecule has 1 unspecified atom stereocenters. The summed E-state index contributed by atoms with van der Waals surface area (Å²) in [6.07, 6.45) is 3.89. The number of piperidine rings is 1. The van der Waals surface area contributed by atoms with E-state index in [0.717, 1.165) is 31.7 Å². The van der Waals surface area contributed by atoms with E-state index in [-0.39, 0.29) is 6.10 Å². The molecule has 0 spiro atoms. The Hall–Kier alpha value is -1.92. The number of nitrogens with one attached hydrogen (secondary N) is 1. The molecule has 0 saturated carbocycles. The number of fused-ring (bicyclic) bond motifs is 1. The van der Waals surface area contributed by atoms with E-state index in [4.69, 9.17) is 16.3 Å². The van der Waals surface area contributed by atoms with Gasteiger partial charge in [-0.15, -0.1) is 16.7 Å². The fourth-order valence-corrected chi connectivity index (χ4v) is 3.64. The number of alkyl halides is 1. The summed E-state index contributed by atoms with van der Waals surface area (Å²) in [5, 5.41) is 9.85. The second kappa shape index (κ2) is 6.53. The van der Waals surface area contributed by atoms with Gasteiger partial charge in [-0.3, -0.25) is 4.79 Å². The second-order valence-corrected chi connectivity index (χ2v) is 6.72. The fourth-order valence-electron chi connectivity index (χ4n) is 3.41. The van der Waals surface area contributed by atoms with E-state index in [1.54, 1.807) is 6.20 Å². The molecule has 0 aromatic heterocycles. The number of rotatable bonds is 3. The zero-order chi connectivity index (χ0) is 16.5. The van der Waals surface area contributed by atoms with E-state index in [1.807, 2.05) is 12.1 Å². The molecule has 3 aliphatic heterocycles. The molecule has 4 rings (SSSR count). The molecule has 7 heteroatoms. The second-order valence-electron chi connectivity index (χ2n) is 6.29. The number of hydrogen-bond acceptors (Lipinski definition) is 5. The van der Waals surface area contributed by atoms with Crippen LogP contribution in [0.2, 0.25) is 0 Å². The number of carbonyl (C=O) groups excluding carboxylic acids is 1. The molecule has 1 atom stereocenters. The van der Waals surface area contributed by atoms with E-state index in [9.17, 15) is 4.79 Å². The van der Waals surface area contributed by atoms with Crippen LogP contribution in [0.15, 0.2) is 40.3 Å². The summed E-state index contributed by atoms with van der Waals surface area (Å²) in [6.45, 7) is 3.38. The third-order valence-electron chi connectivity index (χ3n) is 4.71. The molecule has 1 amide bonds. The smallest absolute Gasteiger partial charge is 0.288 e. The Morgan fingerprint density at radius 3 is 2.92 bits per heavy atom. The van der Waals surface area contributed by atoms with Crippen LogP contribution in [0.1, 0.15) is 24.0 Å². The SMILES string of the molecule is O=C1N=NC=C(N2Cc3cccc(OC4CCNCC4)c3C2)C1Cl. The number of benzene rings is 1. The van der Waals surface area contributed by atoms with Gasteiger partial charge >= 0.3 is 0 Å². The molecule has 3 aliphatic rings. The van der Waals surface area contributed by atoms with Gasteiger partial charge in [-0.1, -0.05) is 12.1 Å². The van der Waals surface area contributed by atoms with Crippen molar-refractivity contribution in [3.05, 3.63) is 41.2 Å². The highest BCUT2D eigenvalue weighted by atomic mass is 35.5. The van der Waals surface area contributed by atoms with Crippen molar-refractivity contribution in [1.82, 2.24) is 10.2 Å². The normalized spacial score (nSPS) is 24.0. The van der Waals surface area contributed by atoms with E-state index >= 15 is 0 Å².